The van der Waals surface area contributed by atoms with E-state index in [-0.39, 0.29) is 5.91 Å². The number of ether oxygens (including phenoxy) is 2. The number of allylic oxidation sites excluding steroid dienone is 1. The van der Waals surface area contributed by atoms with Gasteiger partial charge >= 0.3 is 0 Å². The first-order chi connectivity index (χ1) is 11.1. The summed E-state index contributed by atoms with van der Waals surface area (Å²) < 4.78 is 11.9. The lowest BCUT2D eigenvalue weighted by molar-refractivity contribution is -0.115. The highest BCUT2D eigenvalue weighted by molar-refractivity contribution is 8.26. The fourth-order valence-corrected chi connectivity index (χ4v) is 3.26. The Morgan fingerprint density at radius 3 is 2.61 bits per heavy atom. The van der Waals surface area contributed by atoms with Crippen molar-refractivity contribution in [1.29, 1.82) is 0 Å². The summed E-state index contributed by atoms with van der Waals surface area (Å²) in [5, 5.41) is 2.61. The van der Waals surface area contributed by atoms with Gasteiger partial charge in [-0.3, -0.25) is 4.79 Å². The SMILES string of the molecule is C=CCc1cc(/C=C2\SC(=S)NC2=O)cc(OCC)c1OCC. The minimum atomic E-state index is -0.169. The van der Waals surface area contributed by atoms with E-state index in [1.807, 2.05) is 38.1 Å². The summed E-state index contributed by atoms with van der Waals surface area (Å²) in [6.07, 6.45) is 4.28. The van der Waals surface area contributed by atoms with Crippen LogP contribution < -0.4 is 14.8 Å². The number of carbonyl (C=O) groups excluding carboxylic acids is 1. The van der Waals surface area contributed by atoms with Crippen molar-refractivity contribution < 1.29 is 14.3 Å². The van der Waals surface area contributed by atoms with Crippen molar-refractivity contribution in [2.24, 2.45) is 0 Å². The van der Waals surface area contributed by atoms with Crippen LogP contribution in [-0.2, 0) is 11.2 Å². The number of rotatable bonds is 7. The lowest BCUT2D eigenvalue weighted by atomic mass is 10.0. The molecule has 1 fully saturated rings. The minimum Gasteiger partial charge on any atom is -0.490 e. The largest absolute Gasteiger partial charge is 0.490 e. The van der Waals surface area contributed by atoms with Gasteiger partial charge in [0.1, 0.15) is 4.32 Å². The van der Waals surface area contributed by atoms with Crippen molar-refractivity contribution >= 4 is 40.3 Å². The van der Waals surface area contributed by atoms with Gasteiger partial charge in [-0.15, -0.1) is 6.58 Å². The average molecular weight is 349 g/mol. The van der Waals surface area contributed by atoms with Crippen molar-refractivity contribution in [2.45, 2.75) is 20.3 Å². The molecule has 23 heavy (non-hydrogen) atoms. The molecule has 0 aromatic heterocycles. The van der Waals surface area contributed by atoms with Crippen LogP contribution in [0, 0.1) is 0 Å². The molecule has 0 aliphatic carbocycles. The van der Waals surface area contributed by atoms with E-state index < -0.39 is 0 Å². The molecule has 0 saturated carbocycles. The highest BCUT2D eigenvalue weighted by Crippen LogP contribution is 2.36. The molecule has 1 aliphatic heterocycles. The summed E-state index contributed by atoms with van der Waals surface area (Å²) in [7, 11) is 0. The lowest BCUT2D eigenvalue weighted by Gasteiger charge is -2.16. The first-order valence-electron chi connectivity index (χ1n) is 7.37. The number of carbonyl (C=O) groups is 1. The smallest absolute Gasteiger partial charge is 0.263 e. The third-order valence-electron chi connectivity index (χ3n) is 3.05. The third kappa shape index (κ3) is 4.36. The molecule has 0 unspecified atom stereocenters. The van der Waals surface area contributed by atoms with E-state index in [9.17, 15) is 4.79 Å². The maximum absolute atomic E-state index is 11.8. The zero-order chi connectivity index (χ0) is 16.8. The highest BCUT2D eigenvalue weighted by atomic mass is 32.2. The second-order valence-electron chi connectivity index (χ2n) is 4.72. The topological polar surface area (TPSA) is 47.6 Å². The molecule has 4 nitrogen and oxygen atoms in total. The second kappa shape index (κ2) is 8.17. The van der Waals surface area contributed by atoms with E-state index in [4.69, 9.17) is 21.7 Å². The van der Waals surface area contributed by atoms with Gasteiger partial charge in [0.2, 0.25) is 0 Å². The van der Waals surface area contributed by atoms with Crippen molar-refractivity contribution in [3.05, 3.63) is 40.8 Å². The fourth-order valence-electron chi connectivity index (χ4n) is 2.22. The fraction of sp³-hybridized carbons (Fsp3) is 0.294. The normalized spacial score (nSPS) is 15.7. The quantitative estimate of drug-likeness (QED) is 0.462. The number of hydrogen-bond donors (Lipinski definition) is 1. The monoisotopic (exact) mass is 349 g/mol. The number of nitrogens with one attached hydrogen (secondary N) is 1. The van der Waals surface area contributed by atoms with Gasteiger partial charge in [-0.25, -0.2) is 0 Å². The molecule has 0 radical (unpaired) electrons. The van der Waals surface area contributed by atoms with E-state index in [0.717, 1.165) is 16.9 Å². The molecule has 6 heteroatoms. The predicted octanol–water partition coefficient (Wildman–Crippen LogP) is 3.70. The van der Waals surface area contributed by atoms with E-state index in [1.54, 1.807) is 0 Å². The average Bonchev–Trinajstić information content (AvgIpc) is 2.81. The first kappa shape index (κ1) is 17.6. The number of benzene rings is 1. The van der Waals surface area contributed by atoms with Gasteiger partial charge in [-0.05, 0) is 44.0 Å². The minimum absolute atomic E-state index is 0.169. The van der Waals surface area contributed by atoms with Crippen LogP contribution in [0.2, 0.25) is 0 Å². The summed E-state index contributed by atoms with van der Waals surface area (Å²) in [5.74, 6) is 1.24. The molecular formula is C17H19NO3S2. The molecule has 1 aliphatic rings. The molecule has 1 heterocycles. The molecule has 1 saturated heterocycles. The first-order valence-corrected chi connectivity index (χ1v) is 8.59. The Labute approximate surface area is 145 Å². The molecule has 1 aromatic carbocycles. The van der Waals surface area contributed by atoms with E-state index >= 15 is 0 Å². The summed E-state index contributed by atoms with van der Waals surface area (Å²) in [6.45, 7) is 8.74. The molecule has 0 atom stereocenters. The van der Waals surface area contributed by atoms with Crippen LogP contribution >= 0.6 is 24.0 Å². The molecule has 1 N–H and O–H groups in total. The van der Waals surface area contributed by atoms with Crippen LogP contribution in [0.1, 0.15) is 25.0 Å². The predicted molar refractivity (Wildman–Crippen MR) is 99.0 cm³/mol. The maximum Gasteiger partial charge on any atom is 0.263 e. The van der Waals surface area contributed by atoms with Gasteiger partial charge in [0, 0.05) is 5.56 Å². The number of amides is 1. The van der Waals surface area contributed by atoms with Crippen LogP contribution in [0.3, 0.4) is 0 Å². The van der Waals surface area contributed by atoms with Gasteiger partial charge in [-0.1, -0.05) is 30.1 Å². The Bertz CT molecular complexity index is 668. The van der Waals surface area contributed by atoms with Crippen LogP contribution in [0.15, 0.2) is 29.7 Å². The van der Waals surface area contributed by atoms with E-state index in [1.165, 1.54) is 11.8 Å². The zero-order valence-corrected chi connectivity index (χ0v) is 14.8. The lowest BCUT2D eigenvalue weighted by Crippen LogP contribution is -2.17. The number of thioether (sulfide) groups is 1. The Hall–Kier alpha value is -1.79. The molecule has 0 bridgehead atoms. The standard InChI is InChI=1S/C17H19NO3S2/c1-4-7-12-8-11(10-14-16(19)18-17(22)23-14)9-13(20-5-2)15(12)21-6-3/h4,8-10H,1,5-7H2,2-3H3,(H,18,19,22)/b14-10-. The number of thiocarbonyl (C=S) groups is 1. The molecule has 2 rings (SSSR count). The van der Waals surface area contributed by atoms with Crippen molar-refractivity contribution in [2.75, 3.05) is 13.2 Å². The van der Waals surface area contributed by atoms with E-state index in [0.29, 0.717) is 34.6 Å². The summed E-state index contributed by atoms with van der Waals surface area (Å²) >= 11 is 6.27. The molecule has 0 spiro atoms. The van der Waals surface area contributed by atoms with Crippen LogP contribution in [0.25, 0.3) is 6.08 Å². The Morgan fingerprint density at radius 2 is 2.04 bits per heavy atom. The highest BCUT2D eigenvalue weighted by Gasteiger charge is 2.22. The van der Waals surface area contributed by atoms with Crippen molar-refractivity contribution in [3.63, 3.8) is 0 Å². The van der Waals surface area contributed by atoms with Crippen LogP contribution in [0.5, 0.6) is 11.5 Å². The zero-order valence-electron chi connectivity index (χ0n) is 13.2. The molecular weight excluding hydrogens is 330 g/mol. The Morgan fingerprint density at radius 1 is 1.30 bits per heavy atom. The van der Waals surface area contributed by atoms with E-state index in [2.05, 4.69) is 11.9 Å². The van der Waals surface area contributed by atoms with Crippen molar-refractivity contribution in [1.82, 2.24) is 5.32 Å². The summed E-state index contributed by atoms with van der Waals surface area (Å²) in [6, 6.07) is 3.86. The van der Waals surface area contributed by atoms with Gasteiger partial charge in [0.15, 0.2) is 11.5 Å². The van der Waals surface area contributed by atoms with Gasteiger partial charge < -0.3 is 14.8 Å². The maximum atomic E-state index is 11.8. The molecule has 1 aromatic rings. The van der Waals surface area contributed by atoms with Gasteiger partial charge in [-0.2, -0.15) is 0 Å². The molecule has 122 valence electrons. The van der Waals surface area contributed by atoms with Crippen LogP contribution in [-0.4, -0.2) is 23.4 Å². The Balaban J connectivity index is 2.47. The Kier molecular flexibility index (Phi) is 6.24. The third-order valence-corrected chi connectivity index (χ3v) is 4.21. The number of hydrogen-bond acceptors (Lipinski definition) is 5. The molecule has 1 amide bonds. The van der Waals surface area contributed by atoms with Crippen molar-refractivity contribution in [3.8, 4) is 11.5 Å². The van der Waals surface area contributed by atoms with Gasteiger partial charge in [0.05, 0.1) is 18.1 Å². The van der Waals surface area contributed by atoms with Gasteiger partial charge in [0.25, 0.3) is 5.91 Å². The second-order valence-corrected chi connectivity index (χ2v) is 6.44. The summed E-state index contributed by atoms with van der Waals surface area (Å²) in [5.41, 5.74) is 1.85. The van der Waals surface area contributed by atoms with Crippen LogP contribution in [0.4, 0.5) is 0 Å². The summed E-state index contributed by atoms with van der Waals surface area (Å²) in [4.78, 5) is 12.4.